The topological polar surface area (TPSA) is 47.7 Å². The smallest absolute Gasteiger partial charge is 0.161 e. The predicted molar refractivity (Wildman–Crippen MR) is 79.5 cm³/mol. The van der Waals surface area contributed by atoms with Gasteiger partial charge in [0.25, 0.3) is 0 Å². The number of hydrogen-bond donors (Lipinski definition) is 1. The van der Waals surface area contributed by atoms with E-state index in [1.807, 2.05) is 6.07 Å². The average molecular weight is 276 g/mol. The van der Waals surface area contributed by atoms with Gasteiger partial charge in [-0.15, -0.1) is 0 Å². The summed E-state index contributed by atoms with van der Waals surface area (Å²) in [6, 6.07) is 6.32. The Kier molecular flexibility index (Phi) is 3.61. The second kappa shape index (κ2) is 5.26. The fourth-order valence-electron chi connectivity index (χ4n) is 3.20. The molecule has 3 rings (SSSR count). The third kappa shape index (κ3) is 2.27. The zero-order chi connectivity index (χ0) is 14.2. The molecule has 0 radical (unpaired) electrons. The van der Waals surface area contributed by atoms with Gasteiger partial charge in [-0.25, -0.2) is 0 Å². The highest BCUT2D eigenvalue weighted by atomic mass is 16.5. The van der Waals surface area contributed by atoms with Crippen molar-refractivity contribution in [2.75, 3.05) is 33.8 Å². The van der Waals surface area contributed by atoms with Crippen molar-refractivity contribution in [2.24, 2.45) is 5.73 Å². The van der Waals surface area contributed by atoms with Gasteiger partial charge < -0.3 is 15.2 Å². The molecule has 2 N–H and O–H groups in total. The number of nitrogens with zero attached hydrogens (tertiary/aromatic N) is 1. The van der Waals surface area contributed by atoms with Crippen LogP contribution in [-0.2, 0) is 5.41 Å². The monoisotopic (exact) mass is 276 g/mol. The maximum absolute atomic E-state index is 6.00. The molecule has 0 amide bonds. The van der Waals surface area contributed by atoms with Crippen molar-refractivity contribution >= 4 is 0 Å². The number of nitrogens with two attached hydrogens (primary N) is 1. The zero-order valence-electron chi connectivity index (χ0n) is 12.4. The summed E-state index contributed by atoms with van der Waals surface area (Å²) >= 11 is 0. The van der Waals surface area contributed by atoms with Crippen molar-refractivity contribution < 1.29 is 9.47 Å². The lowest BCUT2D eigenvalue weighted by atomic mass is 9.64. The van der Waals surface area contributed by atoms with E-state index in [1.54, 1.807) is 7.11 Å². The molecule has 0 atom stereocenters. The SMILES string of the molecule is COc1cc(C2(CN)CCC2)ccc1OC1CN(C)C1. The molecule has 0 unspecified atom stereocenters. The predicted octanol–water partition coefficient (Wildman–Crippen LogP) is 1.77. The Morgan fingerprint density at radius 3 is 2.55 bits per heavy atom. The summed E-state index contributed by atoms with van der Waals surface area (Å²) in [4.78, 5) is 2.24. The Labute approximate surface area is 120 Å². The zero-order valence-corrected chi connectivity index (χ0v) is 12.4. The van der Waals surface area contributed by atoms with Crippen LogP contribution in [0, 0.1) is 0 Å². The third-order valence-electron chi connectivity index (χ3n) is 4.80. The average Bonchev–Trinajstić information content (AvgIpc) is 2.37. The minimum absolute atomic E-state index is 0.169. The van der Waals surface area contributed by atoms with Crippen molar-refractivity contribution in [1.82, 2.24) is 4.90 Å². The summed E-state index contributed by atoms with van der Waals surface area (Å²) in [5.41, 5.74) is 7.44. The van der Waals surface area contributed by atoms with Crippen LogP contribution in [0.3, 0.4) is 0 Å². The Morgan fingerprint density at radius 1 is 1.30 bits per heavy atom. The van der Waals surface area contributed by atoms with E-state index in [0.717, 1.165) is 24.6 Å². The second-order valence-electron chi connectivity index (χ2n) is 6.16. The molecule has 1 aromatic rings. The van der Waals surface area contributed by atoms with Gasteiger partial charge in [0.15, 0.2) is 11.5 Å². The van der Waals surface area contributed by atoms with Crippen LogP contribution < -0.4 is 15.2 Å². The van der Waals surface area contributed by atoms with Gasteiger partial charge in [-0.1, -0.05) is 12.5 Å². The highest BCUT2D eigenvalue weighted by Gasteiger charge is 2.38. The molecular formula is C16H24N2O2. The molecule has 1 heterocycles. The minimum Gasteiger partial charge on any atom is -0.493 e. The maximum Gasteiger partial charge on any atom is 0.161 e. The van der Waals surface area contributed by atoms with Crippen LogP contribution in [-0.4, -0.2) is 44.8 Å². The van der Waals surface area contributed by atoms with Crippen LogP contribution in [0.4, 0.5) is 0 Å². The van der Waals surface area contributed by atoms with Crippen LogP contribution >= 0.6 is 0 Å². The van der Waals surface area contributed by atoms with Crippen LogP contribution in [0.5, 0.6) is 11.5 Å². The summed E-state index contributed by atoms with van der Waals surface area (Å²) in [6.07, 6.45) is 3.92. The number of hydrogen-bond acceptors (Lipinski definition) is 4. The molecule has 4 nitrogen and oxygen atoms in total. The van der Waals surface area contributed by atoms with Gasteiger partial charge in [-0.05, 0) is 37.6 Å². The fraction of sp³-hybridized carbons (Fsp3) is 0.625. The second-order valence-corrected chi connectivity index (χ2v) is 6.16. The van der Waals surface area contributed by atoms with E-state index in [1.165, 1.54) is 24.8 Å². The van der Waals surface area contributed by atoms with Gasteiger partial charge in [0, 0.05) is 25.0 Å². The number of ether oxygens (including phenoxy) is 2. The summed E-state index contributed by atoms with van der Waals surface area (Å²) in [6.45, 7) is 2.68. The lowest BCUT2D eigenvalue weighted by molar-refractivity contribution is 0.0369. The first kappa shape index (κ1) is 13.7. The molecule has 1 saturated heterocycles. The lowest BCUT2D eigenvalue weighted by Gasteiger charge is -2.42. The van der Waals surface area contributed by atoms with Crippen LogP contribution in [0.2, 0.25) is 0 Å². The van der Waals surface area contributed by atoms with Gasteiger partial charge in [0.1, 0.15) is 6.10 Å². The van der Waals surface area contributed by atoms with Gasteiger partial charge in [0.2, 0.25) is 0 Å². The molecule has 2 aliphatic rings. The molecule has 110 valence electrons. The highest BCUT2D eigenvalue weighted by molar-refractivity contribution is 5.46. The van der Waals surface area contributed by atoms with Crippen molar-refractivity contribution in [1.29, 1.82) is 0 Å². The molecule has 1 aliphatic heterocycles. The molecule has 1 aliphatic carbocycles. The Morgan fingerprint density at radius 2 is 2.05 bits per heavy atom. The Balaban J connectivity index is 1.79. The molecule has 0 aromatic heterocycles. The van der Waals surface area contributed by atoms with Crippen LogP contribution in [0.25, 0.3) is 0 Å². The molecule has 0 bridgehead atoms. The first-order valence-corrected chi connectivity index (χ1v) is 7.41. The van der Waals surface area contributed by atoms with Crippen molar-refractivity contribution in [3.8, 4) is 11.5 Å². The maximum atomic E-state index is 6.00. The van der Waals surface area contributed by atoms with E-state index < -0.39 is 0 Å². The fourth-order valence-corrected chi connectivity index (χ4v) is 3.20. The first-order chi connectivity index (χ1) is 9.66. The molecular weight excluding hydrogens is 252 g/mol. The number of benzene rings is 1. The van der Waals surface area contributed by atoms with E-state index in [-0.39, 0.29) is 11.5 Å². The first-order valence-electron chi connectivity index (χ1n) is 7.41. The molecule has 20 heavy (non-hydrogen) atoms. The van der Waals surface area contributed by atoms with Gasteiger partial charge >= 0.3 is 0 Å². The lowest BCUT2D eigenvalue weighted by Crippen LogP contribution is -2.51. The Hall–Kier alpha value is -1.26. The standard InChI is InChI=1S/C16H24N2O2/c1-18-9-13(10-18)20-14-5-4-12(8-15(14)19-2)16(11-17)6-3-7-16/h4-5,8,13H,3,6-7,9-11,17H2,1-2H3. The van der Waals surface area contributed by atoms with E-state index >= 15 is 0 Å². The number of likely N-dealkylation sites (N-methyl/N-ethyl adjacent to an activating group) is 1. The van der Waals surface area contributed by atoms with E-state index in [0.29, 0.717) is 6.54 Å². The van der Waals surface area contributed by atoms with E-state index in [2.05, 4.69) is 24.1 Å². The normalized spacial score (nSPS) is 21.9. The van der Waals surface area contributed by atoms with Crippen molar-refractivity contribution in [3.63, 3.8) is 0 Å². The van der Waals surface area contributed by atoms with Gasteiger partial charge in [-0.3, -0.25) is 4.90 Å². The van der Waals surface area contributed by atoms with Gasteiger partial charge in [0.05, 0.1) is 7.11 Å². The van der Waals surface area contributed by atoms with Crippen LogP contribution in [0.1, 0.15) is 24.8 Å². The molecule has 2 fully saturated rings. The molecule has 1 saturated carbocycles. The molecule has 1 aromatic carbocycles. The highest BCUT2D eigenvalue weighted by Crippen LogP contribution is 2.45. The van der Waals surface area contributed by atoms with Gasteiger partial charge in [-0.2, -0.15) is 0 Å². The number of likely N-dealkylation sites (tertiary alicyclic amines) is 1. The van der Waals surface area contributed by atoms with E-state index in [9.17, 15) is 0 Å². The molecule has 0 spiro atoms. The Bertz CT molecular complexity index is 474. The minimum atomic E-state index is 0.169. The van der Waals surface area contributed by atoms with E-state index in [4.69, 9.17) is 15.2 Å². The van der Waals surface area contributed by atoms with Crippen molar-refractivity contribution in [2.45, 2.75) is 30.8 Å². The largest absolute Gasteiger partial charge is 0.493 e. The quantitative estimate of drug-likeness (QED) is 0.890. The summed E-state index contributed by atoms with van der Waals surface area (Å²) in [5, 5.41) is 0. The van der Waals surface area contributed by atoms with Crippen molar-refractivity contribution in [3.05, 3.63) is 23.8 Å². The summed E-state index contributed by atoms with van der Waals surface area (Å²) in [7, 11) is 3.80. The third-order valence-corrected chi connectivity index (χ3v) is 4.80. The summed E-state index contributed by atoms with van der Waals surface area (Å²) < 4.78 is 11.5. The van der Waals surface area contributed by atoms with Crippen LogP contribution in [0.15, 0.2) is 18.2 Å². The number of rotatable bonds is 5. The summed E-state index contributed by atoms with van der Waals surface area (Å²) in [5.74, 6) is 1.68. The molecule has 4 heteroatoms. The number of methoxy groups -OCH3 is 1.